The van der Waals surface area contributed by atoms with Gasteiger partial charge in [0, 0.05) is 43.2 Å². The second-order valence-corrected chi connectivity index (χ2v) is 8.37. The van der Waals surface area contributed by atoms with Gasteiger partial charge < -0.3 is 20.4 Å². The summed E-state index contributed by atoms with van der Waals surface area (Å²) in [7, 11) is 2.22. The molecule has 5 nitrogen and oxygen atoms in total. The van der Waals surface area contributed by atoms with E-state index in [-0.39, 0.29) is 24.0 Å². The van der Waals surface area contributed by atoms with Crippen molar-refractivity contribution in [2.45, 2.75) is 32.2 Å². The van der Waals surface area contributed by atoms with Gasteiger partial charge in [-0.1, -0.05) is 12.1 Å². The molecule has 2 saturated heterocycles. The van der Waals surface area contributed by atoms with Gasteiger partial charge >= 0.3 is 0 Å². The Labute approximate surface area is 189 Å². The lowest BCUT2D eigenvalue weighted by Gasteiger charge is -2.29. The van der Waals surface area contributed by atoms with Gasteiger partial charge in [-0.2, -0.15) is 0 Å². The van der Waals surface area contributed by atoms with Crippen LogP contribution in [0.3, 0.4) is 0 Å². The molecule has 27 heavy (non-hydrogen) atoms. The summed E-state index contributed by atoms with van der Waals surface area (Å²) in [6.07, 6.45) is 3.73. The second kappa shape index (κ2) is 11.5. The van der Waals surface area contributed by atoms with Crippen LogP contribution >= 0.6 is 39.9 Å². The molecule has 1 aromatic carbocycles. The van der Waals surface area contributed by atoms with E-state index < -0.39 is 0 Å². The number of hydrogen-bond donors (Lipinski definition) is 2. The Morgan fingerprint density at radius 3 is 2.78 bits per heavy atom. The molecule has 0 aliphatic carbocycles. The number of nitrogens with one attached hydrogen (secondary N) is 2. The minimum atomic E-state index is 0. The van der Waals surface area contributed by atoms with E-state index in [1.54, 1.807) is 0 Å². The number of aliphatic imine (C=N–C) groups is 1. The maximum Gasteiger partial charge on any atom is 0.191 e. The molecule has 7 heteroatoms. The summed E-state index contributed by atoms with van der Waals surface area (Å²) in [6.45, 7) is 8.44. The molecule has 1 aromatic rings. The van der Waals surface area contributed by atoms with Crippen LogP contribution in [-0.2, 0) is 0 Å². The lowest BCUT2D eigenvalue weighted by molar-refractivity contribution is 0.214. The molecule has 2 aliphatic heterocycles. The van der Waals surface area contributed by atoms with E-state index in [1.807, 2.05) is 0 Å². The number of rotatable bonds is 5. The van der Waals surface area contributed by atoms with Gasteiger partial charge in [0.25, 0.3) is 0 Å². The zero-order valence-electron chi connectivity index (χ0n) is 16.5. The zero-order valence-corrected chi connectivity index (χ0v) is 20.4. The van der Waals surface area contributed by atoms with Crippen LogP contribution in [0.5, 0.6) is 0 Å². The Hall–Kier alpha value is -0.540. The highest BCUT2D eigenvalue weighted by molar-refractivity contribution is 14.0. The maximum atomic E-state index is 4.89. The van der Waals surface area contributed by atoms with Crippen LogP contribution in [0.25, 0.3) is 0 Å². The lowest BCUT2D eigenvalue weighted by Crippen LogP contribution is -2.45. The fourth-order valence-corrected chi connectivity index (χ4v) is 4.50. The summed E-state index contributed by atoms with van der Waals surface area (Å²) < 4.78 is 1.17. The van der Waals surface area contributed by atoms with Crippen LogP contribution in [0.1, 0.15) is 26.2 Å². The number of hydrogen-bond acceptors (Lipinski definition) is 3. The van der Waals surface area contributed by atoms with Gasteiger partial charge in [-0.15, -0.1) is 24.0 Å². The maximum absolute atomic E-state index is 4.89. The molecule has 2 heterocycles. The molecule has 2 unspecified atom stereocenters. The summed E-state index contributed by atoms with van der Waals surface area (Å²) in [5.74, 6) is 1.66. The molecule has 0 bridgehead atoms. The van der Waals surface area contributed by atoms with Gasteiger partial charge in [0.05, 0.1) is 5.69 Å². The number of anilines is 1. The number of halogens is 2. The SMILES string of the molecule is CCNC(=NCC1CCCN(C)C1)NC1CCN(c2ccccc2Br)C1.I. The van der Waals surface area contributed by atoms with Crippen LogP contribution in [-0.4, -0.2) is 63.2 Å². The van der Waals surface area contributed by atoms with E-state index in [1.165, 1.54) is 36.1 Å². The van der Waals surface area contributed by atoms with E-state index in [9.17, 15) is 0 Å². The van der Waals surface area contributed by atoms with Crippen LogP contribution in [0.15, 0.2) is 33.7 Å². The monoisotopic (exact) mass is 549 g/mol. The molecule has 2 atom stereocenters. The molecule has 152 valence electrons. The molecule has 2 fully saturated rings. The van der Waals surface area contributed by atoms with Gasteiger partial charge in [-0.3, -0.25) is 4.99 Å². The first kappa shape index (κ1) is 22.7. The van der Waals surface area contributed by atoms with Crippen molar-refractivity contribution >= 4 is 51.6 Å². The van der Waals surface area contributed by atoms with E-state index in [4.69, 9.17) is 4.99 Å². The third-order valence-corrected chi connectivity index (χ3v) is 5.97. The average Bonchev–Trinajstić information content (AvgIpc) is 3.09. The van der Waals surface area contributed by atoms with E-state index in [2.05, 4.69) is 74.6 Å². The molecule has 2 aliphatic rings. The average molecular weight is 550 g/mol. The van der Waals surface area contributed by atoms with Crippen molar-refractivity contribution in [3.05, 3.63) is 28.7 Å². The van der Waals surface area contributed by atoms with E-state index >= 15 is 0 Å². The van der Waals surface area contributed by atoms with Crippen LogP contribution in [0.2, 0.25) is 0 Å². The van der Waals surface area contributed by atoms with Gasteiger partial charge in [0.1, 0.15) is 0 Å². The van der Waals surface area contributed by atoms with Crippen molar-refractivity contribution < 1.29 is 0 Å². The first-order valence-electron chi connectivity index (χ1n) is 9.88. The standard InChI is InChI=1S/C20H32BrN5.HI/c1-3-22-20(23-13-16-7-6-11-25(2)14-16)24-17-10-12-26(15-17)19-9-5-4-8-18(19)21;/h4-5,8-9,16-17H,3,6-7,10-15H2,1-2H3,(H2,22,23,24);1H. The molecule has 0 aromatic heterocycles. The fourth-order valence-electron chi connectivity index (χ4n) is 3.96. The number of likely N-dealkylation sites (tertiary alicyclic amines) is 1. The van der Waals surface area contributed by atoms with Crippen molar-refractivity contribution in [1.29, 1.82) is 0 Å². The Bertz CT molecular complexity index is 612. The molecule has 0 saturated carbocycles. The predicted octanol–water partition coefficient (Wildman–Crippen LogP) is 3.54. The Balaban J connectivity index is 0.00000261. The summed E-state index contributed by atoms with van der Waals surface area (Å²) in [5, 5.41) is 7.08. The topological polar surface area (TPSA) is 42.9 Å². The zero-order chi connectivity index (χ0) is 18.4. The van der Waals surface area contributed by atoms with Crippen molar-refractivity contribution in [3.63, 3.8) is 0 Å². The summed E-state index contributed by atoms with van der Waals surface area (Å²) in [4.78, 5) is 9.76. The summed E-state index contributed by atoms with van der Waals surface area (Å²) >= 11 is 3.67. The number of benzene rings is 1. The minimum absolute atomic E-state index is 0. The molecule has 3 rings (SSSR count). The highest BCUT2D eigenvalue weighted by Gasteiger charge is 2.24. The normalized spacial score (nSPS) is 23.8. The minimum Gasteiger partial charge on any atom is -0.368 e. The van der Waals surface area contributed by atoms with Crippen LogP contribution in [0, 0.1) is 5.92 Å². The van der Waals surface area contributed by atoms with Gasteiger partial charge in [-0.05, 0) is 73.8 Å². The molecule has 0 spiro atoms. The Kier molecular flexibility index (Phi) is 9.65. The van der Waals surface area contributed by atoms with Crippen LogP contribution in [0.4, 0.5) is 5.69 Å². The third-order valence-electron chi connectivity index (χ3n) is 5.30. The van der Waals surface area contributed by atoms with Gasteiger partial charge in [0.2, 0.25) is 0 Å². The van der Waals surface area contributed by atoms with Crippen molar-refractivity contribution in [1.82, 2.24) is 15.5 Å². The fraction of sp³-hybridized carbons (Fsp3) is 0.650. The van der Waals surface area contributed by atoms with Gasteiger partial charge in [-0.25, -0.2) is 0 Å². The molecule has 0 amide bonds. The molecular weight excluding hydrogens is 517 g/mol. The lowest BCUT2D eigenvalue weighted by atomic mass is 9.99. The van der Waals surface area contributed by atoms with Gasteiger partial charge in [0.15, 0.2) is 5.96 Å². The second-order valence-electron chi connectivity index (χ2n) is 7.52. The van der Waals surface area contributed by atoms with Crippen molar-refractivity contribution in [2.24, 2.45) is 10.9 Å². The highest BCUT2D eigenvalue weighted by atomic mass is 127. The third kappa shape index (κ3) is 6.78. The van der Waals surface area contributed by atoms with Crippen molar-refractivity contribution in [3.8, 4) is 0 Å². The highest BCUT2D eigenvalue weighted by Crippen LogP contribution is 2.28. The quantitative estimate of drug-likeness (QED) is 0.335. The van der Waals surface area contributed by atoms with E-state index in [0.717, 1.165) is 38.6 Å². The Morgan fingerprint density at radius 2 is 2.04 bits per heavy atom. The van der Waals surface area contributed by atoms with Crippen molar-refractivity contribution in [2.75, 3.05) is 51.2 Å². The molecular formula is C20H33BrIN5. The summed E-state index contributed by atoms with van der Waals surface area (Å²) in [5.41, 5.74) is 1.28. The first-order valence-corrected chi connectivity index (χ1v) is 10.7. The predicted molar refractivity (Wildman–Crippen MR) is 130 cm³/mol. The largest absolute Gasteiger partial charge is 0.368 e. The Morgan fingerprint density at radius 1 is 1.22 bits per heavy atom. The summed E-state index contributed by atoms with van der Waals surface area (Å²) in [6, 6.07) is 8.91. The number of piperidine rings is 1. The smallest absolute Gasteiger partial charge is 0.191 e. The number of para-hydroxylation sites is 1. The number of nitrogens with zero attached hydrogens (tertiary/aromatic N) is 3. The number of guanidine groups is 1. The molecule has 0 radical (unpaired) electrons. The van der Waals surface area contributed by atoms with E-state index in [0.29, 0.717) is 12.0 Å². The van der Waals surface area contributed by atoms with Crippen LogP contribution < -0.4 is 15.5 Å². The first-order chi connectivity index (χ1) is 12.7. The molecule has 2 N–H and O–H groups in total.